The van der Waals surface area contributed by atoms with Gasteiger partial charge >= 0.3 is 6.18 Å². The minimum absolute atomic E-state index is 0.406. The van der Waals surface area contributed by atoms with Gasteiger partial charge in [-0.15, -0.1) is 0 Å². The van der Waals surface area contributed by atoms with Gasteiger partial charge in [0.05, 0.1) is 12.7 Å². The summed E-state index contributed by atoms with van der Waals surface area (Å²) in [5.41, 5.74) is 0.261. The van der Waals surface area contributed by atoms with E-state index in [1.54, 1.807) is 24.3 Å². The maximum atomic E-state index is 12.5. The molecule has 0 bridgehead atoms. The van der Waals surface area contributed by atoms with Crippen LogP contribution in [0.2, 0.25) is 0 Å². The molecule has 1 N–H and O–H groups in total. The number of benzene rings is 2. The van der Waals surface area contributed by atoms with E-state index in [0.29, 0.717) is 16.9 Å². The van der Waals surface area contributed by atoms with Gasteiger partial charge in [-0.2, -0.15) is 13.2 Å². The molecule has 0 radical (unpaired) electrons. The topological polar surface area (TPSA) is 29.5 Å². The summed E-state index contributed by atoms with van der Waals surface area (Å²) in [6, 6.07) is 11.2. The fraction of sp³-hybridized carbons (Fsp3) is 0.200. The maximum absolute atomic E-state index is 12.5. The third-order valence-electron chi connectivity index (χ3n) is 2.99. The van der Waals surface area contributed by atoms with E-state index in [9.17, 15) is 18.3 Å². The van der Waals surface area contributed by atoms with Gasteiger partial charge in [0, 0.05) is 0 Å². The fourth-order valence-electron chi connectivity index (χ4n) is 1.83. The van der Waals surface area contributed by atoms with Crippen LogP contribution in [0.15, 0.2) is 48.5 Å². The highest BCUT2D eigenvalue weighted by atomic mass is 19.4. The van der Waals surface area contributed by atoms with Gasteiger partial charge < -0.3 is 9.84 Å². The lowest BCUT2D eigenvalue weighted by Gasteiger charge is -2.13. The van der Waals surface area contributed by atoms with Crippen LogP contribution in [0.3, 0.4) is 0 Å². The van der Waals surface area contributed by atoms with Crippen LogP contribution in [-0.4, -0.2) is 12.2 Å². The van der Waals surface area contributed by atoms with E-state index in [2.05, 4.69) is 0 Å². The molecule has 0 spiro atoms. The van der Waals surface area contributed by atoms with E-state index in [1.807, 2.05) is 0 Å². The van der Waals surface area contributed by atoms with Crippen molar-refractivity contribution in [3.05, 3.63) is 65.2 Å². The summed E-state index contributed by atoms with van der Waals surface area (Å²) in [5.74, 6) is 0.647. The second-order valence-corrected chi connectivity index (χ2v) is 4.30. The number of aliphatic hydroxyl groups excluding tert-OH is 1. The van der Waals surface area contributed by atoms with Crippen LogP contribution in [0.1, 0.15) is 22.8 Å². The Morgan fingerprint density at radius 1 is 0.900 bits per heavy atom. The molecule has 2 nitrogen and oxygen atoms in total. The molecule has 20 heavy (non-hydrogen) atoms. The Labute approximate surface area is 114 Å². The molecule has 0 unspecified atom stereocenters. The number of hydrogen-bond acceptors (Lipinski definition) is 2. The van der Waals surface area contributed by atoms with Crippen molar-refractivity contribution in [1.82, 2.24) is 0 Å². The molecule has 0 saturated carbocycles. The number of aliphatic hydroxyl groups is 1. The lowest BCUT2D eigenvalue weighted by atomic mass is 10.0. The zero-order valence-electron chi connectivity index (χ0n) is 10.7. The summed E-state index contributed by atoms with van der Waals surface area (Å²) < 4.78 is 42.4. The molecule has 106 valence electrons. The Hall–Kier alpha value is -2.01. The van der Waals surface area contributed by atoms with Gasteiger partial charge in [-0.3, -0.25) is 0 Å². The summed E-state index contributed by atoms with van der Waals surface area (Å²) >= 11 is 0. The molecule has 0 aromatic heterocycles. The van der Waals surface area contributed by atoms with E-state index >= 15 is 0 Å². The van der Waals surface area contributed by atoms with Crippen LogP contribution in [0.4, 0.5) is 13.2 Å². The zero-order valence-corrected chi connectivity index (χ0v) is 10.7. The highest BCUT2D eigenvalue weighted by molar-refractivity contribution is 5.35. The molecule has 5 heteroatoms. The molecule has 1 atom stereocenters. The number of halogens is 3. The number of hydrogen-bond donors (Lipinski definition) is 1. The monoisotopic (exact) mass is 282 g/mol. The number of rotatable bonds is 3. The molecule has 0 amide bonds. The van der Waals surface area contributed by atoms with Crippen LogP contribution in [0, 0.1) is 0 Å². The Morgan fingerprint density at radius 3 is 1.75 bits per heavy atom. The van der Waals surface area contributed by atoms with Crippen molar-refractivity contribution in [1.29, 1.82) is 0 Å². The fourth-order valence-corrected chi connectivity index (χ4v) is 1.83. The normalized spacial score (nSPS) is 13.1. The van der Waals surface area contributed by atoms with Gasteiger partial charge in [0.2, 0.25) is 0 Å². The first-order valence-electron chi connectivity index (χ1n) is 5.91. The molecule has 0 saturated heterocycles. The molecule has 0 aliphatic carbocycles. The molecule has 2 aromatic carbocycles. The summed E-state index contributed by atoms with van der Waals surface area (Å²) in [5, 5.41) is 10.1. The van der Waals surface area contributed by atoms with Crippen molar-refractivity contribution in [2.24, 2.45) is 0 Å². The van der Waals surface area contributed by atoms with Gasteiger partial charge in [0.15, 0.2) is 0 Å². The highest BCUT2D eigenvalue weighted by Crippen LogP contribution is 2.31. The summed E-state index contributed by atoms with van der Waals surface area (Å²) in [4.78, 5) is 0. The minimum Gasteiger partial charge on any atom is -0.497 e. The van der Waals surface area contributed by atoms with Crippen molar-refractivity contribution < 1.29 is 23.0 Å². The van der Waals surface area contributed by atoms with Gasteiger partial charge in [-0.05, 0) is 35.4 Å². The quantitative estimate of drug-likeness (QED) is 0.928. The minimum atomic E-state index is -4.37. The molecule has 2 rings (SSSR count). The Bertz CT molecular complexity index is 559. The number of ether oxygens (including phenoxy) is 1. The Kier molecular flexibility index (Phi) is 3.99. The van der Waals surface area contributed by atoms with Crippen LogP contribution in [0.5, 0.6) is 5.75 Å². The van der Waals surface area contributed by atoms with E-state index < -0.39 is 17.8 Å². The smallest absolute Gasteiger partial charge is 0.416 e. The number of methoxy groups -OCH3 is 1. The van der Waals surface area contributed by atoms with Crippen molar-refractivity contribution in [3.63, 3.8) is 0 Å². The lowest BCUT2D eigenvalue weighted by molar-refractivity contribution is -0.137. The maximum Gasteiger partial charge on any atom is 0.416 e. The van der Waals surface area contributed by atoms with Crippen molar-refractivity contribution in [2.45, 2.75) is 12.3 Å². The van der Waals surface area contributed by atoms with E-state index in [-0.39, 0.29) is 0 Å². The molecule has 0 aliphatic rings. The zero-order chi connectivity index (χ0) is 14.8. The standard InChI is InChI=1S/C15H13F3O2/c1-20-13-8-4-11(5-9-13)14(19)10-2-6-12(7-3-10)15(16,17)18/h2-9,14,19H,1H3/t14-/m1/s1. The highest BCUT2D eigenvalue weighted by Gasteiger charge is 2.30. The van der Waals surface area contributed by atoms with Crippen LogP contribution in [0.25, 0.3) is 0 Å². The first-order chi connectivity index (χ1) is 9.41. The molecule has 0 heterocycles. The summed E-state index contributed by atoms with van der Waals surface area (Å²) in [7, 11) is 1.53. The van der Waals surface area contributed by atoms with Gasteiger partial charge in [0.1, 0.15) is 11.9 Å². The predicted molar refractivity (Wildman–Crippen MR) is 68.5 cm³/mol. The average molecular weight is 282 g/mol. The van der Waals surface area contributed by atoms with Crippen LogP contribution < -0.4 is 4.74 Å². The Balaban J connectivity index is 2.22. The third-order valence-corrected chi connectivity index (χ3v) is 2.99. The molecule has 0 aliphatic heterocycles. The molecular formula is C15H13F3O2. The predicted octanol–water partition coefficient (Wildman–Crippen LogP) is 3.80. The first-order valence-corrected chi connectivity index (χ1v) is 5.91. The third kappa shape index (κ3) is 3.11. The van der Waals surface area contributed by atoms with Crippen molar-refractivity contribution in [3.8, 4) is 5.75 Å². The van der Waals surface area contributed by atoms with E-state index in [1.165, 1.54) is 19.2 Å². The molecule has 2 aromatic rings. The summed E-state index contributed by atoms with van der Waals surface area (Å²) in [6.07, 6.45) is -5.34. The van der Waals surface area contributed by atoms with Crippen molar-refractivity contribution >= 4 is 0 Å². The first kappa shape index (κ1) is 14.4. The van der Waals surface area contributed by atoms with Gasteiger partial charge in [-0.25, -0.2) is 0 Å². The second kappa shape index (κ2) is 5.54. The van der Waals surface area contributed by atoms with Gasteiger partial charge in [-0.1, -0.05) is 24.3 Å². The summed E-state index contributed by atoms with van der Waals surface area (Å²) in [6.45, 7) is 0. The van der Waals surface area contributed by atoms with Crippen LogP contribution >= 0.6 is 0 Å². The SMILES string of the molecule is COc1ccc([C@H](O)c2ccc(C(F)(F)F)cc2)cc1. The van der Waals surface area contributed by atoms with Gasteiger partial charge in [0.25, 0.3) is 0 Å². The lowest BCUT2D eigenvalue weighted by Crippen LogP contribution is -2.06. The Morgan fingerprint density at radius 2 is 1.35 bits per heavy atom. The van der Waals surface area contributed by atoms with Crippen LogP contribution in [-0.2, 0) is 6.18 Å². The molecule has 0 fully saturated rings. The molecular weight excluding hydrogens is 269 g/mol. The number of alkyl halides is 3. The van der Waals surface area contributed by atoms with E-state index in [0.717, 1.165) is 12.1 Å². The van der Waals surface area contributed by atoms with E-state index in [4.69, 9.17) is 4.74 Å². The second-order valence-electron chi connectivity index (χ2n) is 4.30. The van der Waals surface area contributed by atoms with Crippen molar-refractivity contribution in [2.75, 3.05) is 7.11 Å². The average Bonchev–Trinajstić information content (AvgIpc) is 2.46. The largest absolute Gasteiger partial charge is 0.497 e.